The maximum atomic E-state index is 12.1. The molecular formula is C18H20N6O3. The van der Waals surface area contributed by atoms with Gasteiger partial charge in [-0.1, -0.05) is 24.3 Å². The van der Waals surface area contributed by atoms with E-state index in [0.29, 0.717) is 17.9 Å². The molecule has 2 heterocycles. The minimum atomic E-state index is -0.484. The molecule has 1 aromatic carbocycles. The quantitative estimate of drug-likeness (QED) is 0.509. The predicted octanol–water partition coefficient (Wildman–Crippen LogP) is 2.68. The van der Waals surface area contributed by atoms with Crippen molar-refractivity contribution in [2.24, 2.45) is 0 Å². The predicted molar refractivity (Wildman–Crippen MR) is 99.4 cm³/mol. The summed E-state index contributed by atoms with van der Waals surface area (Å²) in [6.45, 7) is 4.54. The molecule has 0 aliphatic carbocycles. The summed E-state index contributed by atoms with van der Waals surface area (Å²) < 4.78 is 3.22. The first-order valence-electron chi connectivity index (χ1n) is 8.47. The summed E-state index contributed by atoms with van der Waals surface area (Å²) >= 11 is 0. The number of nitro groups is 1. The van der Waals surface area contributed by atoms with Crippen LogP contribution in [0.15, 0.2) is 42.9 Å². The van der Waals surface area contributed by atoms with Gasteiger partial charge in [0, 0.05) is 12.6 Å². The molecule has 3 rings (SSSR count). The van der Waals surface area contributed by atoms with E-state index in [1.165, 1.54) is 16.4 Å². The van der Waals surface area contributed by atoms with Crippen LogP contribution in [-0.4, -0.2) is 30.4 Å². The number of nitrogens with zero attached hydrogens (tertiary/aromatic N) is 5. The second kappa shape index (κ2) is 7.81. The molecule has 0 unspecified atom stereocenters. The lowest BCUT2D eigenvalue weighted by molar-refractivity contribution is -0.385. The third kappa shape index (κ3) is 4.38. The Labute approximate surface area is 155 Å². The van der Waals surface area contributed by atoms with Crippen LogP contribution in [-0.2, 0) is 17.9 Å². The number of carbonyl (C=O) groups is 1. The Morgan fingerprint density at radius 3 is 2.70 bits per heavy atom. The number of hydrogen-bond donors (Lipinski definition) is 1. The third-order valence-corrected chi connectivity index (χ3v) is 4.34. The molecule has 0 spiro atoms. The van der Waals surface area contributed by atoms with Crippen LogP contribution in [0.5, 0.6) is 0 Å². The zero-order chi connectivity index (χ0) is 19.4. The summed E-state index contributed by atoms with van der Waals surface area (Å²) in [5.74, 6) is -0.206. The molecule has 0 aliphatic heterocycles. The van der Waals surface area contributed by atoms with Gasteiger partial charge in [-0.05, 0) is 25.0 Å². The molecular weight excluding hydrogens is 348 g/mol. The fourth-order valence-corrected chi connectivity index (χ4v) is 2.75. The van der Waals surface area contributed by atoms with Crippen molar-refractivity contribution in [2.45, 2.75) is 33.4 Å². The molecule has 3 aromatic rings. The minimum Gasteiger partial charge on any atom is -0.323 e. The molecule has 9 heteroatoms. The van der Waals surface area contributed by atoms with Crippen LogP contribution in [0, 0.1) is 24.0 Å². The SMILES string of the molecule is Cc1ccccc1Cn1cc(NC(=O)CCn2ncc([N+](=O)[O-])c2C)cn1. The molecule has 0 fully saturated rings. The first-order chi connectivity index (χ1) is 12.9. The van der Waals surface area contributed by atoms with E-state index >= 15 is 0 Å². The van der Waals surface area contributed by atoms with Crippen LogP contribution in [0.2, 0.25) is 0 Å². The monoisotopic (exact) mass is 368 g/mol. The van der Waals surface area contributed by atoms with Gasteiger partial charge in [0.15, 0.2) is 0 Å². The Balaban J connectivity index is 1.55. The number of hydrogen-bond acceptors (Lipinski definition) is 5. The Hall–Kier alpha value is -3.49. The normalized spacial score (nSPS) is 10.7. The first-order valence-corrected chi connectivity index (χ1v) is 8.47. The molecule has 27 heavy (non-hydrogen) atoms. The molecule has 9 nitrogen and oxygen atoms in total. The van der Waals surface area contributed by atoms with E-state index in [-0.39, 0.29) is 24.6 Å². The molecule has 140 valence electrons. The van der Waals surface area contributed by atoms with Crippen molar-refractivity contribution < 1.29 is 9.72 Å². The van der Waals surface area contributed by atoms with Crippen LogP contribution in [0.3, 0.4) is 0 Å². The summed E-state index contributed by atoms with van der Waals surface area (Å²) in [5, 5.41) is 21.8. The van der Waals surface area contributed by atoms with Gasteiger partial charge >= 0.3 is 5.69 Å². The van der Waals surface area contributed by atoms with Gasteiger partial charge in [-0.15, -0.1) is 0 Å². The van der Waals surface area contributed by atoms with Gasteiger partial charge < -0.3 is 5.32 Å². The lowest BCUT2D eigenvalue weighted by atomic mass is 10.1. The number of anilines is 1. The van der Waals surface area contributed by atoms with Gasteiger partial charge in [0.25, 0.3) is 0 Å². The number of aryl methyl sites for hydroxylation is 2. The minimum absolute atomic E-state index is 0.0483. The second-order valence-corrected chi connectivity index (χ2v) is 6.25. The lowest BCUT2D eigenvalue weighted by Crippen LogP contribution is -2.15. The maximum Gasteiger partial charge on any atom is 0.309 e. The molecule has 1 N–H and O–H groups in total. The van der Waals surface area contributed by atoms with Gasteiger partial charge in [-0.2, -0.15) is 10.2 Å². The number of aromatic nitrogens is 4. The Bertz CT molecular complexity index is 975. The smallest absolute Gasteiger partial charge is 0.309 e. The first kappa shape index (κ1) is 18.3. The van der Waals surface area contributed by atoms with Crippen molar-refractivity contribution in [3.05, 3.63) is 69.8 Å². The van der Waals surface area contributed by atoms with Crippen molar-refractivity contribution in [3.8, 4) is 0 Å². The molecule has 0 bridgehead atoms. The Morgan fingerprint density at radius 2 is 2.00 bits per heavy atom. The van der Waals surface area contributed by atoms with Crippen LogP contribution >= 0.6 is 0 Å². The van der Waals surface area contributed by atoms with Crippen LogP contribution in [0.25, 0.3) is 0 Å². The molecule has 0 atom stereocenters. The van der Waals surface area contributed by atoms with E-state index in [1.807, 2.05) is 31.2 Å². The van der Waals surface area contributed by atoms with Gasteiger partial charge in [-0.3, -0.25) is 24.3 Å². The van der Waals surface area contributed by atoms with Crippen molar-refractivity contribution in [1.82, 2.24) is 19.6 Å². The fraction of sp³-hybridized carbons (Fsp3) is 0.278. The average molecular weight is 368 g/mol. The second-order valence-electron chi connectivity index (χ2n) is 6.25. The van der Waals surface area contributed by atoms with Crippen molar-refractivity contribution in [1.29, 1.82) is 0 Å². The molecule has 0 saturated carbocycles. The van der Waals surface area contributed by atoms with Crippen molar-refractivity contribution in [2.75, 3.05) is 5.32 Å². The van der Waals surface area contributed by atoms with Crippen molar-refractivity contribution >= 4 is 17.3 Å². The van der Waals surface area contributed by atoms with E-state index in [4.69, 9.17) is 0 Å². The largest absolute Gasteiger partial charge is 0.323 e. The summed E-state index contributed by atoms with van der Waals surface area (Å²) in [7, 11) is 0. The fourth-order valence-electron chi connectivity index (χ4n) is 2.75. The molecule has 0 radical (unpaired) electrons. The van der Waals surface area contributed by atoms with Gasteiger partial charge in [0.1, 0.15) is 11.9 Å². The molecule has 0 saturated heterocycles. The number of carbonyl (C=O) groups excluding carboxylic acids is 1. The standard InChI is InChI=1S/C18H20N6O3/c1-13-5-3-4-6-15(13)11-22-12-16(9-19-22)21-18(25)7-8-23-14(2)17(10-20-23)24(26)27/h3-6,9-10,12H,7-8,11H2,1-2H3,(H,21,25). The van der Waals surface area contributed by atoms with Gasteiger partial charge in [-0.25, -0.2) is 0 Å². The van der Waals surface area contributed by atoms with E-state index in [1.54, 1.807) is 24.0 Å². The van der Waals surface area contributed by atoms with E-state index in [9.17, 15) is 14.9 Å². The Morgan fingerprint density at radius 1 is 1.22 bits per heavy atom. The zero-order valence-electron chi connectivity index (χ0n) is 15.1. The van der Waals surface area contributed by atoms with Crippen LogP contribution in [0.1, 0.15) is 23.2 Å². The Kier molecular flexibility index (Phi) is 5.30. The summed E-state index contributed by atoms with van der Waals surface area (Å²) in [6.07, 6.45) is 4.72. The van der Waals surface area contributed by atoms with E-state index < -0.39 is 4.92 Å². The number of benzene rings is 1. The highest BCUT2D eigenvalue weighted by atomic mass is 16.6. The summed E-state index contributed by atoms with van der Waals surface area (Å²) in [5.41, 5.74) is 3.33. The van der Waals surface area contributed by atoms with Gasteiger partial charge in [0.05, 0.1) is 29.9 Å². The highest BCUT2D eigenvalue weighted by molar-refractivity contribution is 5.90. The molecule has 0 aliphatic rings. The molecule has 1 amide bonds. The number of rotatable bonds is 7. The third-order valence-electron chi connectivity index (χ3n) is 4.34. The van der Waals surface area contributed by atoms with Crippen molar-refractivity contribution in [3.63, 3.8) is 0 Å². The highest BCUT2D eigenvalue weighted by Gasteiger charge is 2.16. The van der Waals surface area contributed by atoms with Crippen LogP contribution in [0.4, 0.5) is 11.4 Å². The van der Waals surface area contributed by atoms with Gasteiger partial charge in [0.2, 0.25) is 5.91 Å². The summed E-state index contributed by atoms with van der Waals surface area (Å²) in [6, 6.07) is 8.06. The zero-order valence-corrected chi connectivity index (χ0v) is 15.1. The number of nitrogens with one attached hydrogen (secondary N) is 1. The topological polar surface area (TPSA) is 108 Å². The summed E-state index contributed by atoms with van der Waals surface area (Å²) in [4.78, 5) is 22.5. The molecule has 2 aromatic heterocycles. The van der Waals surface area contributed by atoms with E-state index in [0.717, 1.165) is 5.56 Å². The van der Waals surface area contributed by atoms with Crippen LogP contribution < -0.4 is 5.32 Å². The highest BCUT2D eigenvalue weighted by Crippen LogP contribution is 2.16. The lowest BCUT2D eigenvalue weighted by Gasteiger charge is -2.06. The average Bonchev–Trinajstić information content (AvgIpc) is 3.21. The number of amides is 1. The maximum absolute atomic E-state index is 12.1. The van der Waals surface area contributed by atoms with E-state index in [2.05, 4.69) is 15.5 Å².